The van der Waals surface area contributed by atoms with E-state index >= 15 is 0 Å². The lowest BCUT2D eigenvalue weighted by atomic mass is 9.96. The number of hydrogen-bond acceptors (Lipinski definition) is 6. The maximum absolute atomic E-state index is 13.4. The Morgan fingerprint density at radius 2 is 1.86 bits per heavy atom. The zero-order chi connectivity index (χ0) is 18.9. The number of carbonyl (C=O) groups is 1. The van der Waals surface area contributed by atoms with Gasteiger partial charge in [0.2, 0.25) is 11.9 Å². The van der Waals surface area contributed by atoms with Gasteiger partial charge in [0.15, 0.2) is 0 Å². The average Bonchev–Trinajstić information content (AvgIpc) is 3.40. The number of hydrogen-bond donors (Lipinski definition) is 0. The Morgan fingerprint density at radius 1 is 1.04 bits per heavy atom. The van der Waals surface area contributed by atoms with Crippen LogP contribution >= 0.6 is 11.3 Å². The molecule has 3 aromatic rings. The summed E-state index contributed by atoms with van der Waals surface area (Å²) in [5.41, 5.74) is 1.03. The number of thiazole rings is 1. The third-order valence-electron chi connectivity index (χ3n) is 5.74. The molecule has 2 atom stereocenters. The summed E-state index contributed by atoms with van der Waals surface area (Å²) < 4.78 is 1.20. The standard InChI is InChI=1S/C21H23N5OS/c27-20(15-6-3-12-25(14-15)21-22-10-5-11-23-21)26-13-4-8-17(26)19-24-16-7-1-2-9-18(16)28-19/h1-2,5,7,9-11,15,17H,3-4,6,8,12-14H2. The second kappa shape index (κ2) is 7.47. The van der Waals surface area contributed by atoms with Crippen molar-refractivity contribution >= 4 is 33.4 Å². The summed E-state index contributed by atoms with van der Waals surface area (Å²) in [7, 11) is 0. The molecule has 5 rings (SSSR count). The average molecular weight is 394 g/mol. The number of anilines is 1. The molecule has 0 bridgehead atoms. The Hall–Kier alpha value is -2.54. The minimum atomic E-state index is 0.00698. The van der Waals surface area contributed by atoms with Gasteiger partial charge in [0.25, 0.3) is 0 Å². The van der Waals surface area contributed by atoms with Gasteiger partial charge < -0.3 is 9.80 Å². The molecule has 1 aromatic carbocycles. The first kappa shape index (κ1) is 17.6. The minimum Gasteiger partial charge on any atom is -0.340 e. The van der Waals surface area contributed by atoms with E-state index in [1.807, 2.05) is 18.2 Å². The van der Waals surface area contributed by atoms with Crippen molar-refractivity contribution in [2.45, 2.75) is 31.7 Å². The molecule has 4 heterocycles. The molecule has 1 amide bonds. The molecule has 0 spiro atoms. The second-order valence-electron chi connectivity index (χ2n) is 7.54. The molecule has 2 aliphatic rings. The second-order valence-corrected chi connectivity index (χ2v) is 8.61. The van der Waals surface area contributed by atoms with Crippen molar-refractivity contribution in [3.63, 3.8) is 0 Å². The molecular formula is C21H23N5OS. The van der Waals surface area contributed by atoms with Crippen LogP contribution in [0.25, 0.3) is 10.2 Å². The predicted octanol–water partition coefficient (Wildman–Crippen LogP) is 3.67. The number of likely N-dealkylation sites (tertiary alicyclic amines) is 1. The van der Waals surface area contributed by atoms with Crippen LogP contribution in [0.15, 0.2) is 42.7 Å². The van der Waals surface area contributed by atoms with Crippen LogP contribution in [-0.2, 0) is 4.79 Å². The van der Waals surface area contributed by atoms with Crippen LogP contribution < -0.4 is 4.90 Å². The van der Waals surface area contributed by atoms with E-state index in [4.69, 9.17) is 4.98 Å². The van der Waals surface area contributed by atoms with Crippen LogP contribution in [0.3, 0.4) is 0 Å². The van der Waals surface area contributed by atoms with Crippen molar-refractivity contribution in [1.82, 2.24) is 19.9 Å². The molecular weight excluding hydrogens is 370 g/mol. The van der Waals surface area contributed by atoms with E-state index in [0.717, 1.165) is 55.2 Å². The van der Waals surface area contributed by atoms with Gasteiger partial charge in [-0.05, 0) is 43.9 Å². The van der Waals surface area contributed by atoms with Crippen LogP contribution in [0, 0.1) is 5.92 Å². The molecule has 7 heteroatoms. The van der Waals surface area contributed by atoms with Gasteiger partial charge in [0.05, 0.1) is 22.2 Å². The maximum Gasteiger partial charge on any atom is 0.228 e. The highest BCUT2D eigenvalue weighted by Crippen LogP contribution is 2.38. The van der Waals surface area contributed by atoms with Crippen LogP contribution in [0.5, 0.6) is 0 Å². The maximum atomic E-state index is 13.4. The SMILES string of the molecule is O=C(C1CCCN(c2ncccn2)C1)N1CCCC1c1nc2ccccc2s1. The summed E-state index contributed by atoms with van der Waals surface area (Å²) in [6.07, 6.45) is 7.50. The molecule has 6 nitrogen and oxygen atoms in total. The molecule has 28 heavy (non-hydrogen) atoms. The van der Waals surface area contributed by atoms with Gasteiger partial charge in [0, 0.05) is 32.0 Å². The van der Waals surface area contributed by atoms with Crippen molar-refractivity contribution in [2.75, 3.05) is 24.5 Å². The fourth-order valence-electron chi connectivity index (χ4n) is 4.37. The highest BCUT2D eigenvalue weighted by Gasteiger charge is 2.37. The van der Waals surface area contributed by atoms with Gasteiger partial charge in [-0.3, -0.25) is 4.79 Å². The topological polar surface area (TPSA) is 62.2 Å². The molecule has 2 aromatic heterocycles. The normalized spacial score (nSPS) is 22.7. The summed E-state index contributed by atoms with van der Waals surface area (Å²) in [6.45, 7) is 2.44. The van der Waals surface area contributed by atoms with E-state index in [0.29, 0.717) is 6.54 Å². The molecule has 2 saturated heterocycles. The van der Waals surface area contributed by atoms with Gasteiger partial charge >= 0.3 is 0 Å². The van der Waals surface area contributed by atoms with Gasteiger partial charge in [-0.25, -0.2) is 15.0 Å². The number of nitrogens with zero attached hydrogens (tertiary/aromatic N) is 5. The van der Waals surface area contributed by atoms with Gasteiger partial charge in [-0.15, -0.1) is 11.3 Å². The predicted molar refractivity (Wildman–Crippen MR) is 110 cm³/mol. The Balaban J connectivity index is 1.35. The van der Waals surface area contributed by atoms with Crippen LogP contribution in [0.2, 0.25) is 0 Å². The molecule has 144 valence electrons. The first-order valence-corrected chi connectivity index (χ1v) is 10.8. The Labute approximate surface area is 168 Å². The zero-order valence-corrected chi connectivity index (χ0v) is 16.5. The Kier molecular flexibility index (Phi) is 4.68. The molecule has 0 aliphatic carbocycles. The first-order chi connectivity index (χ1) is 13.8. The molecule has 0 N–H and O–H groups in total. The van der Waals surface area contributed by atoms with E-state index in [-0.39, 0.29) is 17.9 Å². The number of aromatic nitrogens is 3. The van der Waals surface area contributed by atoms with E-state index in [9.17, 15) is 4.79 Å². The lowest BCUT2D eigenvalue weighted by Crippen LogP contribution is -2.45. The van der Waals surface area contributed by atoms with Crippen molar-refractivity contribution < 1.29 is 4.79 Å². The molecule has 0 saturated carbocycles. The summed E-state index contributed by atoms with van der Waals surface area (Å²) in [4.78, 5) is 31.2. The molecule has 2 aliphatic heterocycles. The summed E-state index contributed by atoms with van der Waals surface area (Å²) in [5, 5.41) is 1.08. The van der Waals surface area contributed by atoms with Crippen molar-refractivity contribution in [3.8, 4) is 0 Å². The third kappa shape index (κ3) is 3.24. The highest BCUT2D eigenvalue weighted by molar-refractivity contribution is 7.18. The van der Waals surface area contributed by atoms with Crippen LogP contribution in [0.4, 0.5) is 5.95 Å². The third-order valence-corrected chi connectivity index (χ3v) is 6.87. The first-order valence-electron chi connectivity index (χ1n) is 9.97. The summed E-state index contributed by atoms with van der Waals surface area (Å²) in [6, 6.07) is 10.2. The smallest absolute Gasteiger partial charge is 0.228 e. The fourth-order valence-corrected chi connectivity index (χ4v) is 5.48. The van der Waals surface area contributed by atoms with Gasteiger partial charge in [-0.1, -0.05) is 12.1 Å². The summed E-state index contributed by atoms with van der Waals surface area (Å²) in [5.74, 6) is 0.999. The summed E-state index contributed by atoms with van der Waals surface area (Å²) >= 11 is 1.72. The van der Waals surface area contributed by atoms with Crippen molar-refractivity contribution in [3.05, 3.63) is 47.7 Å². The lowest BCUT2D eigenvalue weighted by molar-refractivity contribution is -0.136. The quantitative estimate of drug-likeness (QED) is 0.679. The van der Waals surface area contributed by atoms with E-state index in [2.05, 4.69) is 31.9 Å². The Morgan fingerprint density at radius 3 is 2.71 bits per heavy atom. The largest absolute Gasteiger partial charge is 0.340 e. The van der Waals surface area contributed by atoms with E-state index in [1.165, 1.54) is 4.70 Å². The fraction of sp³-hybridized carbons (Fsp3) is 0.429. The van der Waals surface area contributed by atoms with Crippen LogP contribution in [0.1, 0.15) is 36.7 Å². The number of amides is 1. The van der Waals surface area contributed by atoms with Crippen molar-refractivity contribution in [2.24, 2.45) is 5.92 Å². The molecule has 0 radical (unpaired) electrons. The zero-order valence-electron chi connectivity index (χ0n) is 15.7. The van der Waals surface area contributed by atoms with E-state index < -0.39 is 0 Å². The number of para-hydroxylation sites is 1. The minimum absolute atomic E-state index is 0.00698. The van der Waals surface area contributed by atoms with Gasteiger partial charge in [-0.2, -0.15) is 0 Å². The van der Waals surface area contributed by atoms with Crippen molar-refractivity contribution in [1.29, 1.82) is 0 Å². The molecule has 2 fully saturated rings. The van der Waals surface area contributed by atoms with Gasteiger partial charge in [0.1, 0.15) is 5.01 Å². The van der Waals surface area contributed by atoms with Crippen LogP contribution in [-0.4, -0.2) is 45.4 Å². The molecule has 2 unspecified atom stereocenters. The number of fused-ring (bicyclic) bond motifs is 1. The number of piperidine rings is 1. The lowest BCUT2D eigenvalue weighted by Gasteiger charge is -2.35. The van der Waals surface area contributed by atoms with E-state index in [1.54, 1.807) is 23.7 Å². The number of rotatable bonds is 3. The highest BCUT2D eigenvalue weighted by atomic mass is 32.1. The monoisotopic (exact) mass is 393 g/mol. The number of benzene rings is 1. The number of carbonyl (C=O) groups excluding carboxylic acids is 1. The Bertz CT molecular complexity index is 942.